The van der Waals surface area contributed by atoms with Crippen molar-refractivity contribution in [3.8, 4) is 11.5 Å². The predicted molar refractivity (Wildman–Crippen MR) is 99.7 cm³/mol. The summed E-state index contributed by atoms with van der Waals surface area (Å²) in [5.74, 6) is 2.34. The van der Waals surface area contributed by atoms with Crippen molar-refractivity contribution in [2.45, 2.75) is 19.3 Å². The lowest BCUT2D eigenvalue weighted by Crippen LogP contribution is -2.44. The van der Waals surface area contributed by atoms with Crippen molar-refractivity contribution in [1.82, 2.24) is 9.80 Å². The highest BCUT2D eigenvalue weighted by Crippen LogP contribution is 2.21. The molecule has 3 rings (SSSR count). The number of rotatable bonds is 7. The molecule has 0 radical (unpaired) electrons. The van der Waals surface area contributed by atoms with E-state index in [9.17, 15) is 4.79 Å². The van der Waals surface area contributed by atoms with Crippen LogP contribution in [0.4, 0.5) is 0 Å². The molecule has 0 N–H and O–H groups in total. The van der Waals surface area contributed by atoms with Gasteiger partial charge in [-0.15, -0.1) is 0 Å². The molecule has 1 aromatic carbocycles. The van der Waals surface area contributed by atoms with Crippen molar-refractivity contribution in [2.24, 2.45) is 5.92 Å². The van der Waals surface area contributed by atoms with Crippen LogP contribution < -0.4 is 9.47 Å². The number of hydrogen-bond donors (Lipinski definition) is 0. The summed E-state index contributed by atoms with van der Waals surface area (Å²) in [7, 11) is 1.66. The number of piperidine rings is 1. The number of carbonyl (C=O) groups excluding carboxylic acids is 1. The number of hydrogen-bond acceptors (Lipinski definition) is 5. The summed E-state index contributed by atoms with van der Waals surface area (Å²) >= 11 is 0. The lowest BCUT2D eigenvalue weighted by Gasteiger charge is -2.33. The van der Waals surface area contributed by atoms with Gasteiger partial charge in [0.2, 0.25) is 5.91 Å². The maximum atomic E-state index is 12.5. The number of likely N-dealkylation sites (tertiary alicyclic amines) is 1. The Morgan fingerprint density at radius 2 is 1.88 bits per heavy atom. The largest absolute Gasteiger partial charge is 0.497 e. The molecule has 144 valence electrons. The standard InChI is InChI=1S/C20H30N2O4/c1-24-18-4-6-19(7-5-18)26-16-17-3-2-9-22(15-17)20(23)8-10-21-11-13-25-14-12-21/h4-7,17H,2-3,8-16H2,1H3/t17-/m1/s1. The molecule has 0 unspecified atom stereocenters. The molecule has 0 saturated carbocycles. The van der Waals surface area contributed by atoms with E-state index in [0.717, 1.165) is 70.3 Å². The summed E-state index contributed by atoms with van der Waals surface area (Å²) in [6, 6.07) is 7.65. The predicted octanol–water partition coefficient (Wildman–Crippen LogP) is 2.03. The average Bonchev–Trinajstić information content (AvgIpc) is 2.72. The molecular formula is C20H30N2O4. The number of ether oxygens (including phenoxy) is 3. The fourth-order valence-electron chi connectivity index (χ4n) is 3.55. The summed E-state index contributed by atoms with van der Waals surface area (Å²) in [4.78, 5) is 16.9. The van der Waals surface area contributed by atoms with E-state index in [-0.39, 0.29) is 5.91 Å². The third-order valence-corrected chi connectivity index (χ3v) is 5.16. The zero-order valence-corrected chi connectivity index (χ0v) is 15.7. The molecule has 1 atom stereocenters. The second-order valence-corrected chi connectivity index (χ2v) is 7.04. The fourth-order valence-corrected chi connectivity index (χ4v) is 3.55. The van der Waals surface area contributed by atoms with Crippen molar-refractivity contribution in [3.05, 3.63) is 24.3 Å². The van der Waals surface area contributed by atoms with Gasteiger partial charge in [0, 0.05) is 45.1 Å². The third kappa shape index (κ3) is 5.61. The number of amides is 1. The maximum Gasteiger partial charge on any atom is 0.223 e. The summed E-state index contributed by atoms with van der Waals surface area (Å²) in [6.07, 6.45) is 2.77. The Hall–Kier alpha value is -1.79. The first-order valence-corrected chi connectivity index (χ1v) is 9.59. The first kappa shape index (κ1) is 19.0. The van der Waals surface area contributed by atoms with E-state index in [0.29, 0.717) is 18.9 Å². The Kier molecular flexibility index (Phi) is 7.14. The summed E-state index contributed by atoms with van der Waals surface area (Å²) < 4.78 is 16.4. The summed E-state index contributed by atoms with van der Waals surface area (Å²) in [5, 5.41) is 0. The molecule has 0 aliphatic carbocycles. The molecule has 0 spiro atoms. The molecule has 0 aromatic heterocycles. The van der Waals surface area contributed by atoms with Crippen LogP contribution in [0.1, 0.15) is 19.3 Å². The molecule has 2 saturated heterocycles. The van der Waals surface area contributed by atoms with Crippen molar-refractivity contribution < 1.29 is 19.0 Å². The second-order valence-electron chi connectivity index (χ2n) is 7.04. The van der Waals surface area contributed by atoms with Gasteiger partial charge in [0.05, 0.1) is 26.9 Å². The Balaban J connectivity index is 1.40. The molecule has 26 heavy (non-hydrogen) atoms. The lowest BCUT2D eigenvalue weighted by atomic mass is 9.98. The number of carbonyl (C=O) groups is 1. The molecule has 6 nitrogen and oxygen atoms in total. The highest BCUT2D eigenvalue weighted by molar-refractivity contribution is 5.76. The Morgan fingerprint density at radius 3 is 2.62 bits per heavy atom. The third-order valence-electron chi connectivity index (χ3n) is 5.16. The van der Waals surface area contributed by atoms with E-state index in [1.165, 1.54) is 0 Å². The van der Waals surface area contributed by atoms with Gasteiger partial charge >= 0.3 is 0 Å². The van der Waals surface area contributed by atoms with Crippen LogP contribution in [0.3, 0.4) is 0 Å². The summed E-state index contributed by atoms with van der Waals surface area (Å²) in [5.41, 5.74) is 0. The number of methoxy groups -OCH3 is 1. The van der Waals surface area contributed by atoms with Crippen LogP contribution >= 0.6 is 0 Å². The molecule has 2 aliphatic heterocycles. The number of nitrogens with zero attached hydrogens (tertiary/aromatic N) is 2. The first-order chi connectivity index (χ1) is 12.7. The first-order valence-electron chi connectivity index (χ1n) is 9.59. The Bertz CT molecular complexity index is 557. The van der Waals surface area contributed by atoms with E-state index in [1.807, 2.05) is 29.2 Å². The van der Waals surface area contributed by atoms with E-state index in [2.05, 4.69) is 4.90 Å². The maximum absolute atomic E-state index is 12.5. The quantitative estimate of drug-likeness (QED) is 0.743. The van der Waals surface area contributed by atoms with E-state index >= 15 is 0 Å². The molecule has 0 bridgehead atoms. The van der Waals surface area contributed by atoms with E-state index in [1.54, 1.807) is 7.11 Å². The minimum atomic E-state index is 0.269. The second kappa shape index (κ2) is 9.78. The lowest BCUT2D eigenvalue weighted by molar-refractivity contribution is -0.133. The van der Waals surface area contributed by atoms with Gasteiger partial charge in [-0.2, -0.15) is 0 Å². The smallest absolute Gasteiger partial charge is 0.223 e. The van der Waals surface area contributed by atoms with Gasteiger partial charge in [-0.25, -0.2) is 0 Å². The highest BCUT2D eigenvalue weighted by atomic mass is 16.5. The van der Waals surface area contributed by atoms with E-state index in [4.69, 9.17) is 14.2 Å². The number of morpholine rings is 1. The fraction of sp³-hybridized carbons (Fsp3) is 0.650. The number of benzene rings is 1. The topological polar surface area (TPSA) is 51.2 Å². The van der Waals surface area contributed by atoms with Crippen LogP contribution in [-0.4, -0.2) is 75.4 Å². The zero-order chi connectivity index (χ0) is 18.2. The monoisotopic (exact) mass is 362 g/mol. The molecule has 2 aliphatic rings. The normalized spacial score (nSPS) is 21.4. The SMILES string of the molecule is COc1ccc(OC[C@@H]2CCCN(C(=O)CCN3CCOCC3)C2)cc1. The van der Waals surface area contributed by atoms with Crippen molar-refractivity contribution >= 4 is 5.91 Å². The Morgan fingerprint density at radius 1 is 1.15 bits per heavy atom. The Labute approximate surface area is 156 Å². The van der Waals surface area contributed by atoms with E-state index < -0.39 is 0 Å². The molecular weight excluding hydrogens is 332 g/mol. The molecule has 1 amide bonds. The average molecular weight is 362 g/mol. The van der Waals surface area contributed by atoms with Crippen LogP contribution in [0.25, 0.3) is 0 Å². The molecule has 6 heteroatoms. The van der Waals surface area contributed by atoms with Crippen LogP contribution in [0.5, 0.6) is 11.5 Å². The van der Waals surface area contributed by atoms with Gasteiger partial charge in [-0.05, 0) is 37.1 Å². The van der Waals surface area contributed by atoms with Gasteiger partial charge in [-0.3, -0.25) is 9.69 Å². The van der Waals surface area contributed by atoms with Crippen LogP contribution in [0.15, 0.2) is 24.3 Å². The van der Waals surface area contributed by atoms with Crippen molar-refractivity contribution in [3.63, 3.8) is 0 Å². The molecule has 2 fully saturated rings. The zero-order valence-electron chi connectivity index (χ0n) is 15.7. The van der Waals surface area contributed by atoms with Crippen molar-refractivity contribution in [1.29, 1.82) is 0 Å². The van der Waals surface area contributed by atoms with Crippen LogP contribution in [-0.2, 0) is 9.53 Å². The highest BCUT2D eigenvalue weighted by Gasteiger charge is 2.24. The van der Waals surface area contributed by atoms with Gasteiger partial charge in [-0.1, -0.05) is 0 Å². The summed E-state index contributed by atoms with van der Waals surface area (Å²) in [6.45, 7) is 6.60. The van der Waals surface area contributed by atoms with Crippen molar-refractivity contribution in [2.75, 3.05) is 59.7 Å². The van der Waals surface area contributed by atoms with Gasteiger partial charge in [0.1, 0.15) is 11.5 Å². The van der Waals surface area contributed by atoms with Gasteiger partial charge in [0.25, 0.3) is 0 Å². The molecule has 1 aromatic rings. The molecule has 2 heterocycles. The van der Waals surface area contributed by atoms with Gasteiger partial charge < -0.3 is 19.1 Å². The van der Waals surface area contributed by atoms with Crippen LogP contribution in [0, 0.1) is 5.92 Å². The minimum Gasteiger partial charge on any atom is -0.497 e. The van der Waals surface area contributed by atoms with Crippen LogP contribution in [0.2, 0.25) is 0 Å². The van der Waals surface area contributed by atoms with Gasteiger partial charge in [0.15, 0.2) is 0 Å². The minimum absolute atomic E-state index is 0.269.